The molecular weight excluding hydrogens is 288 g/mol. The lowest BCUT2D eigenvalue weighted by Gasteiger charge is -2.20. The monoisotopic (exact) mass is 306 g/mol. The number of hydrogen-bond donors (Lipinski definition) is 0. The Kier molecular flexibility index (Phi) is 3.06. The van der Waals surface area contributed by atoms with Gasteiger partial charge in [-0.05, 0) is 49.9 Å². The molecule has 0 bridgehead atoms. The van der Waals surface area contributed by atoms with Gasteiger partial charge in [0, 0.05) is 24.4 Å². The Morgan fingerprint density at radius 2 is 2.40 bits per heavy atom. The van der Waals surface area contributed by atoms with Crippen LogP contribution in [0.15, 0.2) is 18.2 Å². The number of rotatable bonds is 4. The van der Waals surface area contributed by atoms with E-state index in [1.165, 1.54) is 35.3 Å². The Labute approximate surface area is 128 Å². The van der Waals surface area contributed by atoms with Crippen LogP contribution in [0.4, 0.5) is 0 Å². The molecule has 2 fully saturated rings. The molecule has 106 valence electrons. The maximum Gasteiger partial charge on any atom is 0.0907 e. The van der Waals surface area contributed by atoms with E-state index in [0.29, 0.717) is 5.41 Å². The summed E-state index contributed by atoms with van der Waals surface area (Å²) in [5.41, 5.74) is 3.12. The second-order valence-corrected chi connectivity index (χ2v) is 7.86. The average Bonchev–Trinajstić information content (AvgIpc) is 2.82. The van der Waals surface area contributed by atoms with E-state index in [1.807, 2.05) is 0 Å². The van der Waals surface area contributed by atoms with Gasteiger partial charge in [-0.25, -0.2) is 4.98 Å². The molecule has 2 aliphatic rings. The van der Waals surface area contributed by atoms with E-state index in [2.05, 4.69) is 35.0 Å². The van der Waals surface area contributed by atoms with Crippen LogP contribution in [0.25, 0.3) is 10.2 Å². The largest absolute Gasteiger partial charge is 0.302 e. The molecular formula is C16H19ClN2S. The van der Waals surface area contributed by atoms with Crippen molar-refractivity contribution < 1.29 is 0 Å². The standard InChI is InChI=1S/C16H19ClN2S/c1-11-18-14-7-12(3-4-15(14)20-11)16-8-13(16)9-19(10-16)6-2-5-17/h3-4,7,13H,2,5-6,8-10H2,1H3/t13-,16+/m0/s1. The smallest absolute Gasteiger partial charge is 0.0907 e. The summed E-state index contributed by atoms with van der Waals surface area (Å²) in [6, 6.07) is 6.94. The van der Waals surface area contributed by atoms with E-state index in [4.69, 9.17) is 11.6 Å². The maximum atomic E-state index is 5.81. The molecule has 0 unspecified atom stereocenters. The molecule has 2 heterocycles. The van der Waals surface area contributed by atoms with Crippen LogP contribution in [-0.2, 0) is 5.41 Å². The predicted octanol–water partition coefficient (Wildman–Crippen LogP) is 3.81. The predicted molar refractivity (Wildman–Crippen MR) is 85.9 cm³/mol. The molecule has 1 saturated carbocycles. The third-order valence-electron chi connectivity index (χ3n) is 4.89. The molecule has 1 aromatic carbocycles. The van der Waals surface area contributed by atoms with E-state index in [-0.39, 0.29) is 0 Å². The molecule has 1 aliphatic heterocycles. The van der Waals surface area contributed by atoms with Crippen molar-refractivity contribution in [1.82, 2.24) is 9.88 Å². The molecule has 0 N–H and O–H groups in total. The summed E-state index contributed by atoms with van der Waals surface area (Å²) in [4.78, 5) is 7.24. The molecule has 4 rings (SSSR count). The van der Waals surface area contributed by atoms with Crippen molar-refractivity contribution in [3.8, 4) is 0 Å². The second-order valence-electron chi connectivity index (χ2n) is 6.25. The van der Waals surface area contributed by atoms with Gasteiger partial charge >= 0.3 is 0 Å². The lowest BCUT2D eigenvalue weighted by molar-refractivity contribution is 0.299. The van der Waals surface area contributed by atoms with Gasteiger partial charge in [-0.3, -0.25) is 0 Å². The summed E-state index contributed by atoms with van der Waals surface area (Å²) in [5, 5.41) is 1.16. The fourth-order valence-corrected chi connectivity index (χ4v) is 4.77. The third kappa shape index (κ3) is 1.99. The minimum atomic E-state index is 0.429. The molecule has 4 heteroatoms. The number of aromatic nitrogens is 1. The van der Waals surface area contributed by atoms with Crippen molar-refractivity contribution in [2.45, 2.75) is 25.2 Å². The summed E-state index contributed by atoms with van der Waals surface area (Å²) in [6.45, 7) is 5.71. The summed E-state index contributed by atoms with van der Waals surface area (Å²) in [6.07, 6.45) is 2.47. The highest BCUT2D eigenvalue weighted by Crippen LogP contribution is 2.59. The minimum absolute atomic E-state index is 0.429. The van der Waals surface area contributed by atoms with Crippen molar-refractivity contribution in [3.05, 3.63) is 28.8 Å². The first-order valence-electron chi connectivity index (χ1n) is 7.37. The first-order valence-corrected chi connectivity index (χ1v) is 8.72. The van der Waals surface area contributed by atoms with Crippen LogP contribution in [0.2, 0.25) is 0 Å². The first-order chi connectivity index (χ1) is 9.71. The lowest BCUT2D eigenvalue weighted by Crippen LogP contribution is -2.27. The SMILES string of the molecule is Cc1nc2cc([C@]34C[C@H]3CN(CCCCl)C4)ccc2s1. The average molecular weight is 307 g/mol. The van der Waals surface area contributed by atoms with Crippen molar-refractivity contribution in [1.29, 1.82) is 0 Å². The third-order valence-corrected chi connectivity index (χ3v) is 6.11. The van der Waals surface area contributed by atoms with Crippen LogP contribution >= 0.6 is 22.9 Å². The molecule has 0 amide bonds. The zero-order valence-corrected chi connectivity index (χ0v) is 13.3. The van der Waals surface area contributed by atoms with E-state index < -0.39 is 0 Å². The molecule has 20 heavy (non-hydrogen) atoms. The number of nitrogens with zero attached hydrogens (tertiary/aromatic N) is 2. The van der Waals surface area contributed by atoms with Crippen LogP contribution < -0.4 is 0 Å². The number of thiazole rings is 1. The number of likely N-dealkylation sites (tertiary alicyclic amines) is 1. The number of aryl methyl sites for hydroxylation is 1. The summed E-state index contributed by atoms with van der Waals surface area (Å²) < 4.78 is 1.32. The number of alkyl halides is 1. The van der Waals surface area contributed by atoms with Crippen molar-refractivity contribution in [2.75, 3.05) is 25.5 Å². The Balaban J connectivity index is 1.60. The molecule has 1 aliphatic carbocycles. The molecule has 2 atom stereocenters. The summed E-state index contributed by atoms with van der Waals surface area (Å²) in [5.74, 6) is 1.63. The Morgan fingerprint density at radius 3 is 3.25 bits per heavy atom. The Bertz CT molecular complexity index is 653. The lowest BCUT2D eigenvalue weighted by atomic mass is 9.95. The van der Waals surface area contributed by atoms with Gasteiger partial charge in [-0.2, -0.15) is 0 Å². The quantitative estimate of drug-likeness (QED) is 0.799. The minimum Gasteiger partial charge on any atom is -0.302 e. The topological polar surface area (TPSA) is 16.1 Å². The fraction of sp³-hybridized carbons (Fsp3) is 0.562. The van der Waals surface area contributed by atoms with Gasteiger partial charge in [-0.1, -0.05) is 6.07 Å². The summed E-state index contributed by atoms with van der Waals surface area (Å²) >= 11 is 7.60. The second kappa shape index (κ2) is 4.69. The molecule has 2 nitrogen and oxygen atoms in total. The van der Waals surface area contributed by atoms with Gasteiger partial charge in [0.05, 0.1) is 15.2 Å². The maximum absolute atomic E-state index is 5.81. The van der Waals surface area contributed by atoms with Crippen LogP contribution in [0.1, 0.15) is 23.4 Å². The Hall–Kier alpha value is -0.640. The number of hydrogen-bond acceptors (Lipinski definition) is 3. The molecule has 1 aromatic heterocycles. The van der Waals surface area contributed by atoms with Crippen molar-refractivity contribution in [3.63, 3.8) is 0 Å². The van der Waals surface area contributed by atoms with Gasteiger partial charge in [0.15, 0.2) is 0 Å². The van der Waals surface area contributed by atoms with E-state index >= 15 is 0 Å². The van der Waals surface area contributed by atoms with Crippen LogP contribution in [0, 0.1) is 12.8 Å². The van der Waals surface area contributed by atoms with Crippen molar-refractivity contribution >= 4 is 33.2 Å². The highest BCUT2D eigenvalue weighted by atomic mass is 35.5. The fourth-order valence-electron chi connectivity index (χ4n) is 3.84. The zero-order valence-electron chi connectivity index (χ0n) is 11.7. The zero-order chi connectivity index (χ0) is 13.7. The van der Waals surface area contributed by atoms with E-state index in [1.54, 1.807) is 11.3 Å². The van der Waals surface area contributed by atoms with Crippen molar-refractivity contribution in [2.24, 2.45) is 5.92 Å². The molecule has 1 saturated heterocycles. The van der Waals surface area contributed by atoms with E-state index in [9.17, 15) is 0 Å². The van der Waals surface area contributed by atoms with Gasteiger partial charge in [0.25, 0.3) is 0 Å². The van der Waals surface area contributed by atoms with Gasteiger partial charge in [-0.15, -0.1) is 22.9 Å². The molecule has 0 radical (unpaired) electrons. The highest BCUT2D eigenvalue weighted by molar-refractivity contribution is 7.18. The number of fused-ring (bicyclic) bond motifs is 2. The first kappa shape index (κ1) is 13.1. The number of benzene rings is 1. The van der Waals surface area contributed by atoms with Crippen LogP contribution in [0.5, 0.6) is 0 Å². The molecule has 2 aromatic rings. The van der Waals surface area contributed by atoms with Gasteiger partial charge in [0.2, 0.25) is 0 Å². The highest BCUT2D eigenvalue weighted by Gasteiger charge is 2.60. The number of piperidine rings is 1. The number of halogens is 1. The summed E-state index contributed by atoms with van der Waals surface area (Å²) in [7, 11) is 0. The normalized spacial score (nSPS) is 29.0. The van der Waals surface area contributed by atoms with Gasteiger partial charge in [0.1, 0.15) is 0 Å². The van der Waals surface area contributed by atoms with Gasteiger partial charge < -0.3 is 4.90 Å². The van der Waals surface area contributed by atoms with E-state index in [0.717, 1.165) is 29.8 Å². The Morgan fingerprint density at radius 1 is 1.50 bits per heavy atom. The van der Waals surface area contributed by atoms with Crippen LogP contribution in [-0.4, -0.2) is 35.4 Å². The molecule has 0 spiro atoms. The van der Waals surface area contributed by atoms with Crippen LogP contribution in [0.3, 0.4) is 0 Å².